The van der Waals surface area contributed by atoms with E-state index in [2.05, 4.69) is 15.1 Å². The molecule has 3 fully saturated rings. The van der Waals surface area contributed by atoms with Crippen LogP contribution in [0, 0.1) is 0 Å². The van der Waals surface area contributed by atoms with E-state index >= 15 is 0 Å². The number of carbonyl (C=O) groups is 2. The molecule has 28 heavy (non-hydrogen) atoms. The molecule has 2 saturated heterocycles. The Morgan fingerprint density at radius 3 is 2.25 bits per heavy atom. The van der Waals surface area contributed by atoms with Crippen LogP contribution in [0.25, 0.3) is 0 Å². The van der Waals surface area contributed by atoms with Crippen molar-refractivity contribution in [2.24, 2.45) is 0 Å². The van der Waals surface area contributed by atoms with Crippen molar-refractivity contribution in [3.8, 4) is 0 Å². The first-order valence-electron chi connectivity index (χ1n) is 10.8. The number of hydrogen-bond donors (Lipinski definition) is 1. The van der Waals surface area contributed by atoms with Gasteiger partial charge in [0.25, 0.3) is 0 Å². The highest BCUT2D eigenvalue weighted by molar-refractivity contribution is 5.83. The summed E-state index contributed by atoms with van der Waals surface area (Å²) in [4.78, 5) is 32.0. The second-order valence-corrected chi connectivity index (χ2v) is 8.35. The van der Waals surface area contributed by atoms with E-state index in [0.29, 0.717) is 12.6 Å². The van der Waals surface area contributed by atoms with Crippen LogP contribution in [0.1, 0.15) is 43.7 Å². The molecule has 2 aliphatic heterocycles. The molecule has 2 heterocycles. The second kappa shape index (κ2) is 9.05. The molecule has 1 aromatic carbocycles. The Labute approximate surface area is 167 Å². The van der Waals surface area contributed by atoms with Crippen LogP contribution in [-0.4, -0.2) is 78.4 Å². The Hall–Kier alpha value is -1.92. The number of amides is 2. The standard InChI is InChI=1S/C22H32N4O2/c27-20(25-11-5-2-6-12-25)17-24-13-15-26(16-14-24)21(18-7-3-1-4-8-18)22(28)23-19-9-10-19/h1,3-4,7-8,19,21H,2,5-6,9-17H2,(H,23,28)/t21-/m0/s1. The van der Waals surface area contributed by atoms with Crippen LogP contribution in [0.3, 0.4) is 0 Å². The molecule has 6 nitrogen and oxygen atoms in total. The lowest BCUT2D eigenvalue weighted by Gasteiger charge is -2.39. The fourth-order valence-electron chi connectivity index (χ4n) is 4.29. The maximum absolute atomic E-state index is 12.9. The number of hydrogen-bond acceptors (Lipinski definition) is 4. The highest BCUT2D eigenvalue weighted by atomic mass is 16.2. The first kappa shape index (κ1) is 19.4. The van der Waals surface area contributed by atoms with Crippen molar-refractivity contribution in [3.63, 3.8) is 0 Å². The van der Waals surface area contributed by atoms with Crippen molar-refractivity contribution in [2.75, 3.05) is 45.8 Å². The molecular weight excluding hydrogens is 352 g/mol. The van der Waals surface area contributed by atoms with Crippen LogP contribution in [0.4, 0.5) is 0 Å². The molecule has 1 saturated carbocycles. The van der Waals surface area contributed by atoms with Crippen LogP contribution < -0.4 is 5.32 Å². The lowest BCUT2D eigenvalue weighted by molar-refractivity contribution is -0.134. The summed E-state index contributed by atoms with van der Waals surface area (Å²) in [5.41, 5.74) is 1.05. The summed E-state index contributed by atoms with van der Waals surface area (Å²) >= 11 is 0. The maximum atomic E-state index is 12.9. The molecule has 152 valence electrons. The summed E-state index contributed by atoms with van der Waals surface area (Å²) in [6, 6.07) is 10.2. The maximum Gasteiger partial charge on any atom is 0.242 e. The molecule has 0 bridgehead atoms. The number of nitrogens with one attached hydrogen (secondary N) is 1. The van der Waals surface area contributed by atoms with Gasteiger partial charge in [-0.25, -0.2) is 0 Å². The van der Waals surface area contributed by atoms with Gasteiger partial charge in [0.05, 0.1) is 6.54 Å². The molecular formula is C22H32N4O2. The average Bonchev–Trinajstić information content (AvgIpc) is 3.55. The predicted octanol–water partition coefficient (Wildman–Crippen LogP) is 1.64. The van der Waals surface area contributed by atoms with Crippen LogP contribution in [-0.2, 0) is 9.59 Å². The van der Waals surface area contributed by atoms with Crippen LogP contribution in [0.5, 0.6) is 0 Å². The van der Waals surface area contributed by atoms with Crippen LogP contribution in [0.2, 0.25) is 0 Å². The predicted molar refractivity (Wildman–Crippen MR) is 109 cm³/mol. The van der Waals surface area contributed by atoms with Gasteiger partial charge in [-0.3, -0.25) is 19.4 Å². The number of nitrogens with zero attached hydrogens (tertiary/aromatic N) is 3. The monoisotopic (exact) mass is 384 g/mol. The Balaban J connectivity index is 1.34. The van der Waals surface area contributed by atoms with Crippen molar-refractivity contribution >= 4 is 11.8 Å². The molecule has 0 unspecified atom stereocenters. The molecule has 2 amide bonds. The lowest BCUT2D eigenvalue weighted by atomic mass is 10.0. The quantitative estimate of drug-likeness (QED) is 0.810. The molecule has 1 aromatic rings. The number of piperazine rings is 1. The van der Waals surface area contributed by atoms with Crippen LogP contribution in [0.15, 0.2) is 30.3 Å². The van der Waals surface area contributed by atoms with Gasteiger partial charge in [-0.1, -0.05) is 30.3 Å². The fraction of sp³-hybridized carbons (Fsp3) is 0.636. The van der Waals surface area contributed by atoms with Gasteiger partial charge in [0.2, 0.25) is 11.8 Å². The largest absolute Gasteiger partial charge is 0.352 e. The molecule has 6 heteroatoms. The van der Waals surface area contributed by atoms with E-state index in [4.69, 9.17) is 0 Å². The summed E-state index contributed by atoms with van der Waals surface area (Å²) < 4.78 is 0. The third-order valence-electron chi connectivity index (χ3n) is 6.13. The fourth-order valence-corrected chi connectivity index (χ4v) is 4.29. The van der Waals surface area contributed by atoms with Gasteiger partial charge in [-0.2, -0.15) is 0 Å². The number of benzene rings is 1. The van der Waals surface area contributed by atoms with Crippen LogP contribution >= 0.6 is 0 Å². The van der Waals surface area contributed by atoms with Crippen molar-refractivity contribution in [1.29, 1.82) is 0 Å². The Kier molecular flexibility index (Phi) is 6.27. The third-order valence-corrected chi connectivity index (χ3v) is 6.13. The zero-order chi connectivity index (χ0) is 19.3. The summed E-state index contributed by atoms with van der Waals surface area (Å²) in [6.45, 7) is 5.62. The molecule has 1 atom stereocenters. The minimum Gasteiger partial charge on any atom is -0.352 e. The summed E-state index contributed by atoms with van der Waals surface area (Å²) in [5, 5.41) is 3.18. The van der Waals surface area contributed by atoms with E-state index in [1.54, 1.807) is 0 Å². The van der Waals surface area contributed by atoms with E-state index < -0.39 is 0 Å². The SMILES string of the molecule is O=C(NC1CC1)[C@H](c1ccccc1)N1CCN(CC(=O)N2CCCCC2)CC1. The molecule has 1 N–H and O–H groups in total. The van der Waals surface area contributed by atoms with Gasteiger partial charge >= 0.3 is 0 Å². The normalized spacial score (nSPS) is 22.6. The first-order valence-corrected chi connectivity index (χ1v) is 10.8. The number of likely N-dealkylation sites (tertiary alicyclic amines) is 1. The van der Waals surface area contributed by atoms with E-state index in [-0.39, 0.29) is 17.9 Å². The Bertz CT molecular complexity index is 662. The van der Waals surface area contributed by atoms with Crippen molar-refractivity contribution in [1.82, 2.24) is 20.0 Å². The lowest BCUT2D eigenvalue weighted by Crippen LogP contribution is -2.53. The highest BCUT2D eigenvalue weighted by Gasteiger charge is 2.34. The van der Waals surface area contributed by atoms with Gasteiger partial charge in [-0.15, -0.1) is 0 Å². The first-order chi connectivity index (χ1) is 13.7. The van der Waals surface area contributed by atoms with Crippen molar-refractivity contribution in [2.45, 2.75) is 44.2 Å². The molecule has 0 radical (unpaired) electrons. The number of carbonyl (C=O) groups excluding carboxylic acids is 2. The highest BCUT2D eigenvalue weighted by Crippen LogP contribution is 2.26. The summed E-state index contributed by atoms with van der Waals surface area (Å²) in [5.74, 6) is 0.380. The van der Waals surface area contributed by atoms with E-state index in [9.17, 15) is 9.59 Å². The molecule has 0 spiro atoms. The summed E-state index contributed by atoms with van der Waals surface area (Å²) in [6.07, 6.45) is 5.70. The minimum absolute atomic E-state index is 0.117. The van der Waals surface area contributed by atoms with Crippen molar-refractivity contribution in [3.05, 3.63) is 35.9 Å². The molecule has 4 rings (SSSR count). The van der Waals surface area contributed by atoms with Gasteiger partial charge < -0.3 is 10.2 Å². The van der Waals surface area contributed by atoms with E-state index in [1.165, 1.54) is 6.42 Å². The van der Waals surface area contributed by atoms with Gasteiger partial charge in [0, 0.05) is 45.3 Å². The van der Waals surface area contributed by atoms with Gasteiger partial charge in [0.15, 0.2) is 0 Å². The third kappa shape index (κ3) is 4.92. The minimum atomic E-state index is -0.234. The topological polar surface area (TPSA) is 55.9 Å². The van der Waals surface area contributed by atoms with Gasteiger partial charge in [-0.05, 0) is 37.7 Å². The second-order valence-electron chi connectivity index (χ2n) is 8.35. The average molecular weight is 385 g/mol. The zero-order valence-electron chi connectivity index (χ0n) is 16.7. The van der Waals surface area contributed by atoms with Crippen molar-refractivity contribution < 1.29 is 9.59 Å². The smallest absolute Gasteiger partial charge is 0.242 e. The molecule has 3 aliphatic rings. The molecule has 0 aromatic heterocycles. The molecule has 1 aliphatic carbocycles. The Morgan fingerprint density at radius 1 is 0.929 bits per heavy atom. The number of rotatable bonds is 6. The van der Waals surface area contributed by atoms with E-state index in [0.717, 1.165) is 70.5 Å². The van der Waals surface area contributed by atoms with Gasteiger partial charge in [0.1, 0.15) is 6.04 Å². The Morgan fingerprint density at radius 2 is 1.61 bits per heavy atom. The zero-order valence-corrected chi connectivity index (χ0v) is 16.7. The number of piperidine rings is 1. The van der Waals surface area contributed by atoms with E-state index in [1.807, 2.05) is 35.2 Å². The summed E-state index contributed by atoms with van der Waals surface area (Å²) in [7, 11) is 0.